The van der Waals surface area contributed by atoms with Gasteiger partial charge in [0.05, 0.1) is 17.5 Å². The molecule has 3 aliphatic rings. The van der Waals surface area contributed by atoms with Gasteiger partial charge in [0.2, 0.25) is 0 Å². The van der Waals surface area contributed by atoms with Crippen LogP contribution in [0.2, 0.25) is 0 Å². The molecule has 0 radical (unpaired) electrons. The molecule has 1 spiro atoms. The SMILES string of the molecule is CNCCCCN1CCc2c(OC3CC4(C3)CN(c3ncncc3Oc3c(C(N)=O)cccc3C(C)C)C4)ccnc2C1. The number of hydrogen-bond donors (Lipinski definition) is 2. The second-order valence-electron chi connectivity index (χ2n) is 12.6. The molecule has 0 atom stereocenters. The van der Waals surface area contributed by atoms with Crippen molar-refractivity contribution in [3.05, 3.63) is 65.4 Å². The highest BCUT2D eigenvalue weighted by molar-refractivity contribution is 5.96. The number of pyridine rings is 1. The first-order valence-electron chi connectivity index (χ1n) is 15.5. The number of carbonyl (C=O) groups excluding carboxylic acids is 1. The summed E-state index contributed by atoms with van der Waals surface area (Å²) < 4.78 is 12.9. The molecule has 1 aliphatic carbocycles. The molecule has 3 N–H and O–H groups in total. The van der Waals surface area contributed by atoms with Crippen molar-refractivity contribution in [2.75, 3.05) is 44.7 Å². The molecule has 4 heterocycles. The summed E-state index contributed by atoms with van der Waals surface area (Å²) in [7, 11) is 2.01. The normalized spacial score (nSPS) is 17.8. The Morgan fingerprint density at radius 2 is 2.00 bits per heavy atom. The van der Waals surface area contributed by atoms with Crippen LogP contribution in [0.4, 0.5) is 5.82 Å². The van der Waals surface area contributed by atoms with Gasteiger partial charge < -0.3 is 25.4 Å². The summed E-state index contributed by atoms with van der Waals surface area (Å²) >= 11 is 0. The van der Waals surface area contributed by atoms with Crippen molar-refractivity contribution < 1.29 is 14.3 Å². The molecule has 6 rings (SSSR count). The standard InChI is InChI=1S/C33H43N7O3/c1-22(2)24-7-6-8-26(31(34)41)30(24)43-29-17-36-21-38-32(29)40-19-33(20-40)15-23(16-33)42-28-9-12-37-27-18-39(14-10-25(27)28)13-5-4-11-35-3/h6-9,12,17,21-23,35H,4-5,10-11,13-16,18-20H2,1-3H3,(H2,34,41). The largest absolute Gasteiger partial charge is 0.490 e. The van der Waals surface area contributed by atoms with Crippen LogP contribution in [0.1, 0.15) is 72.6 Å². The van der Waals surface area contributed by atoms with Gasteiger partial charge in [0.25, 0.3) is 5.91 Å². The van der Waals surface area contributed by atoms with E-state index in [9.17, 15) is 4.79 Å². The fraction of sp³-hybridized carbons (Fsp3) is 0.515. The molecule has 1 saturated heterocycles. The van der Waals surface area contributed by atoms with Gasteiger partial charge in [-0.25, -0.2) is 9.97 Å². The van der Waals surface area contributed by atoms with E-state index in [1.807, 2.05) is 31.4 Å². The maximum absolute atomic E-state index is 12.2. The summed E-state index contributed by atoms with van der Waals surface area (Å²) in [6, 6.07) is 7.54. The summed E-state index contributed by atoms with van der Waals surface area (Å²) in [4.78, 5) is 30.4. The van der Waals surface area contributed by atoms with E-state index in [0.717, 1.165) is 81.4 Å². The number of nitrogens with two attached hydrogens (primary N) is 1. The summed E-state index contributed by atoms with van der Waals surface area (Å²) in [5, 5.41) is 3.23. The van der Waals surface area contributed by atoms with Crippen molar-refractivity contribution in [3.8, 4) is 17.2 Å². The molecule has 10 heteroatoms. The number of fused-ring (bicyclic) bond motifs is 1. The third-order valence-electron chi connectivity index (χ3n) is 9.08. The number of ether oxygens (including phenoxy) is 2. The molecule has 3 aromatic rings. The topological polar surface area (TPSA) is 119 Å². The molecule has 10 nitrogen and oxygen atoms in total. The number of unbranched alkanes of at least 4 members (excludes halogenated alkanes) is 1. The van der Waals surface area contributed by atoms with Crippen molar-refractivity contribution in [2.24, 2.45) is 11.1 Å². The Morgan fingerprint density at radius 3 is 2.77 bits per heavy atom. The van der Waals surface area contributed by atoms with Crippen LogP contribution < -0.4 is 25.4 Å². The number of anilines is 1. The van der Waals surface area contributed by atoms with E-state index in [-0.39, 0.29) is 17.4 Å². The summed E-state index contributed by atoms with van der Waals surface area (Å²) in [6.07, 6.45) is 10.7. The van der Waals surface area contributed by atoms with Crippen molar-refractivity contribution >= 4 is 11.7 Å². The predicted molar refractivity (Wildman–Crippen MR) is 166 cm³/mol. The number of carbonyl (C=O) groups is 1. The average Bonchev–Trinajstić information content (AvgIpc) is 2.96. The van der Waals surface area contributed by atoms with Crippen LogP contribution in [-0.4, -0.2) is 71.6 Å². The Bertz CT molecular complexity index is 1450. The van der Waals surface area contributed by atoms with E-state index < -0.39 is 5.91 Å². The second-order valence-corrected chi connectivity index (χ2v) is 12.6. The third-order valence-corrected chi connectivity index (χ3v) is 9.08. The van der Waals surface area contributed by atoms with Gasteiger partial charge in [-0.05, 0) is 75.9 Å². The smallest absolute Gasteiger partial charge is 0.252 e. The number of amides is 1. The van der Waals surface area contributed by atoms with Gasteiger partial charge in [-0.1, -0.05) is 26.0 Å². The fourth-order valence-electron chi connectivity index (χ4n) is 6.81. The van der Waals surface area contributed by atoms with Gasteiger partial charge in [-0.3, -0.25) is 14.7 Å². The minimum atomic E-state index is -0.521. The first-order chi connectivity index (χ1) is 20.9. The summed E-state index contributed by atoms with van der Waals surface area (Å²) in [6.45, 7) is 10.0. The molecule has 1 amide bonds. The van der Waals surface area contributed by atoms with Crippen LogP contribution in [0.3, 0.4) is 0 Å². The molecule has 2 aliphatic heterocycles. The highest BCUT2D eigenvalue weighted by Crippen LogP contribution is 2.52. The predicted octanol–water partition coefficient (Wildman–Crippen LogP) is 4.29. The molecule has 2 aromatic heterocycles. The van der Waals surface area contributed by atoms with Gasteiger partial charge in [-0.15, -0.1) is 0 Å². The van der Waals surface area contributed by atoms with Crippen LogP contribution in [0.25, 0.3) is 0 Å². The van der Waals surface area contributed by atoms with Crippen molar-refractivity contribution in [1.82, 2.24) is 25.2 Å². The van der Waals surface area contributed by atoms with Crippen molar-refractivity contribution in [3.63, 3.8) is 0 Å². The lowest BCUT2D eigenvalue weighted by Gasteiger charge is -2.59. The molecule has 0 bridgehead atoms. The third kappa shape index (κ3) is 6.17. The molecule has 1 saturated carbocycles. The lowest BCUT2D eigenvalue weighted by Crippen LogP contribution is -2.65. The van der Waals surface area contributed by atoms with E-state index >= 15 is 0 Å². The minimum Gasteiger partial charge on any atom is -0.490 e. The Morgan fingerprint density at radius 1 is 1.16 bits per heavy atom. The molecule has 1 aromatic carbocycles. The number of primary amides is 1. The zero-order chi connectivity index (χ0) is 30.0. The van der Waals surface area contributed by atoms with E-state index in [0.29, 0.717) is 17.1 Å². The first-order valence-corrected chi connectivity index (χ1v) is 15.5. The minimum absolute atomic E-state index is 0.153. The van der Waals surface area contributed by atoms with Crippen molar-refractivity contribution in [2.45, 2.75) is 64.5 Å². The molecule has 0 unspecified atom stereocenters. The van der Waals surface area contributed by atoms with E-state index in [4.69, 9.17) is 20.2 Å². The zero-order valence-corrected chi connectivity index (χ0v) is 25.5. The van der Waals surface area contributed by atoms with Gasteiger partial charge in [0.1, 0.15) is 23.9 Å². The Labute approximate surface area is 254 Å². The number of rotatable bonds is 12. The number of hydrogen-bond acceptors (Lipinski definition) is 9. The molecule has 228 valence electrons. The van der Waals surface area contributed by atoms with Crippen LogP contribution >= 0.6 is 0 Å². The molecule has 43 heavy (non-hydrogen) atoms. The Kier molecular flexibility index (Phi) is 8.50. The Balaban J connectivity index is 1.06. The number of benzene rings is 1. The maximum atomic E-state index is 12.2. The Hall–Kier alpha value is -3.76. The number of aromatic nitrogens is 3. The van der Waals surface area contributed by atoms with Crippen LogP contribution in [0, 0.1) is 5.41 Å². The van der Waals surface area contributed by atoms with Crippen LogP contribution in [0.5, 0.6) is 17.2 Å². The average molecular weight is 586 g/mol. The number of para-hydroxylation sites is 1. The monoisotopic (exact) mass is 585 g/mol. The van der Waals surface area contributed by atoms with Crippen LogP contribution in [0.15, 0.2) is 43.0 Å². The zero-order valence-electron chi connectivity index (χ0n) is 25.5. The molecule has 2 fully saturated rings. The van der Waals surface area contributed by atoms with Gasteiger partial charge in [0, 0.05) is 43.4 Å². The molecular weight excluding hydrogens is 542 g/mol. The quantitative estimate of drug-likeness (QED) is 0.300. The molecular formula is C33H43N7O3. The van der Waals surface area contributed by atoms with Gasteiger partial charge in [0.15, 0.2) is 11.6 Å². The van der Waals surface area contributed by atoms with Crippen molar-refractivity contribution in [1.29, 1.82) is 0 Å². The van der Waals surface area contributed by atoms with Crippen LogP contribution in [-0.2, 0) is 13.0 Å². The first kappa shape index (κ1) is 29.3. The summed E-state index contributed by atoms with van der Waals surface area (Å²) in [5.74, 6) is 2.38. The maximum Gasteiger partial charge on any atom is 0.252 e. The number of nitrogens with zero attached hydrogens (tertiary/aromatic N) is 5. The second kappa shape index (κ2) is 12.5. The summed E-state index contributed by atoms with van der Waals surface area (Å²) in [5.41, 5.74) is 9.63. The highest BCUT2D eigenvalue weighted by Gasteiger charge is 2.54. The van der Waals surface area contributed by atoms with E-state index in [1.165, 1.54) is 18.4 Å². The van der Waals surface area contributed by atoms with E-state index in [2.05, 4.69) is 38.9 Å². The van der Waals surface area contributed by atoms with E-state index in [1.54, 1.807) is 18.6 Å². The highest BCUT2D eigenvalue weighted by atomic mass is 16.5. The fourth-order valence-corrected chi connectivity index (χ4v) is 6.81. The number of nitrogens with one attached hydrogen (secondary N) is 1. The van der Waals surface area contributed by atoms with Gasteiger partial charge >= 0.3 is 0 Å². The van der Waals surface area contributed by atoms with Gasteiger partial charge in [-0.2, -0.15) is 0 Å². The lowest BCUT2D eigenvalue weighted by molar-refractivity contribution is -0.0350. The lowest BCUT2D eigenvalue weighted by atomic mass is 9.61.